The molecule has 10 rings (SSSR count). The molecule has 0 bridgehead atoms. The molecule has 0 amide bonds. The molecule has 1 saturated carbocycles. The minimum atomic E-state index is -1.36. The molecule has 64 heavy (non-hydrogen) atoms. The van der Waals surface area contributed by atoms with Crippen LogP contribution in [0.2, 0.25) is 19.6 Å². The van der Waals surface area contributed by atoms with Crippen molar-refractivity contribution in [1.82, 2.24) is 14.5 Å². The molecular formula is C58H59IrN3OSi-2. The van der Waals surface area contributed by atoms with Gasteiger partial charge in [-0.3, -0.25) is 4.98 Å². The van der Waals surface area contributed by atoms with Gasteiger partial charge in [-0.25, -0.2) is 0 Å². The summed E-state index contributed by atoms with van der Waals surface area (Å²) in [5.74, 6) is 2.32. The van der Waals surface area contributed by atoms with Crippen LogP contribution in [0.4, 0.5) is 0 Å². The molecule has 3 heterocycles. The van der Waals surface area contributed by atoms with Crippen LogP contribution in [0.15, 0.2) is 144 Å². The van der Waals surface area contributed by atoms with Crippen LogP contribution in [0, 0.1) is 18.1 Å². The number of para-hydroxylation sites is 3. The van der Waals surface area contributed by atoms with Crippen molar-refractivity contribution in [3.8, 4) is 39.5 Å². The summed E-state index contributed by atoms with van der Waals surface area (Å²) < 4.78 is 8.83. The fraction of sp³-hybridized carbons (Fsp3) is 0.276. The predicted octanol–water partition coefficient (Wildman–Crippen LogP) is 15.5. The maximum atomic E-state index is 6.47. The Balaban J connectivity index is 0.000000199. The molecule has 0 spiro atoms. The zero-order valence-electron chi connectivity index (χ0n) is 38.3. The van der Waals surface area contributed by atoms with Crippen molar-refractivity contribution in [1.29, 1.82) is 0 Å². The van der Waals surface area contributed by atoms with E-state index in [0.29, 0.717) is 11.8 Å². The molecule has 1 fully saturated rings. The Hall–Kier alpha value is -5.39. The van der Waals surface area contributed by atoms with Crippen molar-refractivity contribution >= 4 is 46.2 Å². The van der Waals surface area contributed by atoms with Crippen LogP contribution in [0.5, 0.6) is 0 Å². The first-order chi connectivity index (χ1) is 30.5. The van der Waals surface area contributed by atoms with Crippen LogP contribution in [0.1, 0.15) is 88.3 Å². The number of imidazole rings is 1. The number of hydrogen-bond acceptors (Lipinski definition) is 3. The van der Waals surface area contributed by atoms with Gasteiger partial charge in [0.05, 0.1) is 30.5 Å². The van der Waals surface area contributed by atoms with E-state index in [1.165, 1.54) is 66.5 Å². The van der Waals surface area contributed by atoms with Crippen LogP contribution in [0.3, 0.4) is 0 Å². The second-order valence-electron chi connectivity index (χ2n) is 19.1. The SMILES string of the molecule is CC(C)c1cc(-c2ccccc2)cc(C(C)C)c1-n1c(-c2[c-]ccc3c2oc2ccccc23)nc2ccccc21.C[Si](C)(C)c1cnc(-c2[c-]cccc2)cc1CC1CCCCC1.[Ir]. The molecule has 9 aromatic rings. The maximum absolute atomic E-state index is 6.47. The van der Waals surface area contributed by atoms with Crippen molar-refractivity contribution in [2.24, 2.45) is 5.92 Å². The number of fused-ring (bicyclic) bond motifs is 4. The summed E-state index contributed by atoms with van der Waals surface area (Å²) >= 11 is 0. The van der Waals surface area contributed by atoms with Gasteiger partial charge in [-0.1, -0.05) is 163 Å². The number of nitrogens with zero attached hydrogens (tertiary/aromatic N) is 3. The van der Waals surface area contributed by atoms with Gasteiger partial charge >= 0.3 is 0 Å². The fourth-order valence-corrected chi connectivity index (χ4v) is 11.2. The topological polar surface area (TPSA) is 43.9 Å². The summed E-state index contributed by atoms with van der Waals surface area (Å²) in [6.45, 7) is 16.4. The second kappa shape index (κ2) is 19.4. The molecular weight excluding hydrogens is 975 g/mol. The van der Waals surface area contributed by atoms with Crippen LogP contribution < -0.4 is 5.19 Å². The van der Waals surface area contributed by atoms with E-state index in [4.69, 9.17) is 14.4 Å². The van der Waals surface area contributed by atoms with Crippen LogP contribution in [-0.2, 0) is 26.5 Å². The van der Waals surface area contributed by atoms with E-state index < -0.39 is 8.07 Å². The van der Waals surface area contributed by atoms with E-state index in [0.717, 1.165) is 61.5 Å². The number of aromatic nitrogens is 3. The van der Waals surface area contributed by atoms with E-state index in [2.05, 4.69) is 173 Å². The van der Waals surface area contributed by atoms with Crippen molar-refractivity contribution < 1.29 is 24.5 Å². The maximum Gasteiger partial charge on any atom is 0.120 e. The van der Waals surface area contributed by atoms with Crippen molar-refractivity contribution in [3.63, 3.8) is 0 Å². The third-order valence-electron chi connectivity index (χ3n) is 12.9. The normalized spacial score (nSPS) is 13.4. The van der Waals surface area contributed by atoms with E-state index in [1.54, 1.807) is 10.8 Å². The third-order valence-corrected chi connectivity index (χ3v) is 14.9. The zero-order chi connectivity index (χ0) is 43.7. The van der Waals surface area contributed by atoms with E-state index in [9.17, 15) is 0 Å². The van der Waals surface area contributed by atoms with Gasteiger partial charge in [0.15, 0.2) is 0 Å². The fourth-order valence-electron chi connectivity index (χ4n) is 9.64. The minimum Gasteiger partial charge on any atom is -0.501 e. The van der Waals surface area contributed by atoms with E-state index in [-0.39, 0.29) is 20.1 Å². The van der Waals surface area contributed by atoms with Crippen LogP contribution in [-0.4, -0.2) is 22.6 Å². The number of hydrogen-bond donors (Lipinski definition) is 0. The number of pyridine rings is 1. The van der Waals surface area contributed by atoms with Gasteiger partial charge in [0.1, 0.15) is 5.58 Å². The Morgan fingerprint density at radius 1 is 0.703 bits per heavy atom. The summed E-state index contributed by atoms with van der Waals surface area (Å²) in [5.41, 5.74) is 14.6. The Bertz CT molecular complexity index is 2980. The van der Waals surface area contributed by atoms with Gasteiger partial charge in [0.25, 0.3) is 0 Å². The smallest absolute Gasteiger partial charge is 0.120 e. The summed E-state index contributed by atoms with van der Waals surface area (Å²) in [7, 11) is -1.36. The van der Waals surface area contributed by atoms with Gasteiger partial charge in [-0.2, -0.15) is 0 Å². The van der Waals surface area contributed by atoms with Crippen molar-refractivity contribution in [2.75, 3.05) is 0 Å². The van der Waals surface area contributed by atoms with Gasteiger partial charge in [-0.15, -0.1) is 54.1 Å². The summed E-state index contributed by atoms with van der Waals surface area (Å²) in [5, 5.41) is 3.73. The van der Waals surface area contributed by atoms with Crippen LogP contribution >= 0.6 is 0 Å². The van der Waals surface area contributed by atoms with Crippen LogP contribution in [0.25, 0.3) is 72.4 Å². The Morgan fingerprint density at radius 3 is 2.09 bits per heavy atom. The molecule has 0 N–H and O–H groups in total. The van der Waals surface area contributed by atoms with Gasteiger partial charge in [0.2, 0.25) is 0 Å². The Labute approximate surface area is 394 Å². The molecule has 4 nitrogen and oxygen atoms in total. The molecule has 0 atom stereocenters. The largest absolute Gasteiger partial charge is 0.501 e. The summed E-state index contributed by atoms with van der Waals surface area (Å²) in [6.07, 6.45) is 10.5. The standard InChI is InChI=1S/C37H31N2O.C21H28NSi.Ir/c1-23(2)30-21-26(25-13-6-5-7-14-25)22-31(24(3)4)35(30)39-33-19-10-9-18-32(33)38-37(39)29-17-12-16-28-27-15-8-11-20-34(27)40-36(28)29;1-23(2,3)21-16-22-20(18-12-8-5-9-13-18)15-19(21)14-17-10-6-4-7-11-17;/h5-16,18-24H,1-4H3;5,8-9,12,15-17H,4,6-7,10-11,14H2,1-3H3;/q2*-1;. The van der Waals surface area contributed by atoms with E-state index >= 15 is 0 Å². The zero-order valence-corrected chi connectivity index (χ0v) is 41.7. The second-order valence-corrected chi connectivity index (χ2v) is 24.1. The third kappa shape index (κ3) is 9.24. The van der Waals surface area contributed by atoms with Crippen molar-refractivity contribution in [2.45, 2.75) is 97.7 Å². The van der Waals surface area contributed by atoms with Gasteiger partial charge in [0, 0.05) is 37.4 Å². The molecule has 1 radical (unpaired) electrons. The minimum absolute atomic E-state index is 0. The number of furan rings is 1. The molecule has 1 aliphatic rings. The number of rotatable bonds is 9. The average molecular weight is 1030 g/mol. The molecule has 327 valence electrons. The molecule has 0 saturated heterocycles. The molecule has 6 aromatic carbocycles. The quantitative estimate of drug-likeness (QED) is 0.107. The molecule has 1 aliphatic carbocycles. The first-order valence-corrected chi connectivity index (χ1v) is 26.5. The monoisotopic (exact) mass is 1030 g/mol. The molecule has 0 unspecified atom stereocenters. The molecule has 6 heteroatoms. The molecule has 0 aliphatic heterocycles. The molecule has 3 aromatic heterocycles. The van der Waals surface area contributed by atoms with E-state index in [1.807, 2.05) is 30.3 Å². The summed E-state index contributed by atoms with van der Waals surface area (Å²) in [4.78, 5) is 10.0. The number of benzene rings is 6. The Kier molecular flexibility index (Phi) is 13.7. The first kappa shape index (κ1) is 45.2. The van der Waals surface area contributed by atoms with Gasteiger partial charge < -0.3 is 14.0 Å². The van der Waals surface area contributed by atoms with Crippen molar-refractivity contribution in [3.05, 3.63) is 168 Å². The van der Waals surface area contributed by atoms with Gasteiger partial charge in [-0.05, 0) is 87.6 Å². The average Bonchev–Trinajstić information content (AvgIpc) is 3.88. The summed E-state index contributed by atoms with van der Waals surface area (Å²) in [6, 6.07) is 53.5. The Morgan fingerprint density at radius 2 is 1.39 bits per heavy atom. The first-order valence-electron chi connectivity index (χ1n) is 23.0. The predicted molar refractivity (Wildman–Crippen MR) is 268 cm³/mol.